The number of amides is 1. The van der Waals surface area contributed by atoms with Crippen LogP contribution in [-0.2, 0) is 4.79 Å². The van der Waals surface area contributed by atoms with Crippen molar-refractivity contribution < 1.29 is 23.5 Å². The summed E-state index contributed by atoms with van der Waals surface area (Å²) in [4.78, 5) is 24.1. The number of carboxylic acid groups (broad SMARTS) is 1. The van der Waals surface area contributed by atoms with E-state index in [1.165, 1.54) is 40.0 Å². The molecule has 0 radical (unpaired) electrons. The van der Waals surface area contributed by atoms with Crippen molar-refractivity contribution in [1.29, 1.82) is 0 Å². The Balaban J connectivity index is 1.67. The predicted molar refractivity (Wildman–Crippen MR) is 75.4 cm³/mol. The largest absolute Gasteiger partial charge is 0.479 e. The van der Waals surface area contributed by atoms with E-state index in [0.29, 0.717) is 5.69 Å². The molecule has 3 rings (SSSR count). The minimum absolute atomic E-state index is 0.0408. The first-order valence-corrected chi connectivity index (χ1v) is 6.93. The van der Waals surface area contributed by atoms with Crippen molar-refractivity contribution in [3.05, 3.63) is 48.0 Å². The molecule has 0 saturated carbocycles. The Hall–Kier alpha value is -2.77. The van der Waals surface area contributed by atoms with Crippen LogP contribution in [-0.4, -0.2) is 50.9 Å². The molecule has 1 atom stereocenters. The van der Waals surface area contributed by atoms with E-state index in [1.807, 2.05) is 0 Å². The number of rotatable bonds is 4. The van der Waals surface area contributed by atoms with Gasteiger partial charge in [-0.25, -0.2) is 18.3 Å². The van der Waals surface area contributed by atoms with Crippen LogP contribution in [0.15, 0.2) is 36.5 Å². The first-order valence-electron chi connectivity index (χ1n) is 6.93. The van der Waals surface area contributed by atoms with Crippen LogP contribution >= 0.6 is 0 Å². The Bertz CT molecular complexity index is 756. The van der Waals surface area contributed by atoms with Gasteiger partial charge in [0.15, 0.2) is 5.69 Å². The van der Waals surface area contributed by atoms with E-state index < -0.39 is 29.8 Å². The maximum Gasteiger partial charge on any atom is 0.338 e. The van der Waals surface area contributed by atoms with E-state index >= 15 is 0 Å². The average molecular weight is 321 g/mol. The third-order valence-electron chi connectivity index (χ3n) is 3.73. The van der Waals surface area contributed by atoms with Crippen LogP contribution in [0.25, 0.3) is 5.69 Å². The SMILES string of the molecule is O=C(O)C(F)C1CN(C(=O)c2ccn(-c3cccc(F)c3)n2)C1. The molecule has 1 amide bonds. The summed E-state index contributed by atoms with van der Waals surface area (Å²) in [7, 11) is 0. The topological polar surface area (TPSA) is 75.4 Å². The second-order valence-corrected chi connectivity index (χ2v) is 5.34. The molecular weight excluding hydrogens is 308 g/mol. The predicted octanol–water partition coefficient (Wildman–Crippen LogP) is 1.51. The number of hydrogen-bond donors (Lipinski definition) is 1. The van der Waals surface area contributed by atoms with Gasteiger partial charge in [0.05, 0.1) is 5.69 Å². The van der Waals surface area contributed by atoms with E-state index in [1.54, 1.807) is 6.07 Å². The highest BCUT2D eigenvalue weighted by atomic mass is 19.1. The van der Waals surface area contributed by atoms with E-state index in [0.717, 1.165) is 0 Å². The normalized spacial score (nSPS) is 16.0. The first kappa shape index (κ1) is 15.1. The van der Waals surface area contributed by atoms with Gasteiger partial charge in [-0.1, -0.05) is 6.07 Å². The Morgan fingerprint density at radius 3 is 2.70 bits per heavy atom. The number of carboxylic acids is 1. The Morgan fingerprint density at radius 2 is 2.04 bits per heavy atom. The van der Waals surface area contributed by atoms with Gasteiger partial charge in [0, 0.05) is 25.2 Å². The molecule has 1 aliphatic rings. The molecule has 120 valence electrons. The summed E-state index contributed by atoms with van der Waals surface area (Å²) < 4.78 is 27.8. The number of aromatic nitrogens is 2. The number of benzene rings is 1. The quantitative estimate of drug-likeness (QED) is 0.926. The number of likely N-dealkylation sites (tertiary alicyclic amines) is 1. The van der Waals surface area contributed by atoms with Gasteiger partial charge in [0.2, 0.25) is 6.17 Å². The molecule has 1 aliphatic heterocycles. The van der Waals surface area contributed by atoms with Crippen LogP contribution < -0.4 is 0 Å². The molecule has 1 aromatic carbocycles. The molecule has 1 unspecified atom stereocenters. The number of aliphatic carboxylic acids is 1. The molecule has 0 bridgehead atoms. The van der Waals surface area contributed by atoms with Crippen molar-refractivity contribution in [2.45, 2.75) is 6.17 Å². The Kier molecular flexibility index (Phi) is 3.81. The van der Waals surface area contributed by atoms with Crippen molar-refractivity contribution >= 4 is 11.9 Å². The maximum absolute atomic E-state index is 13.3. The van der Waals surface area contributed by atoms with Gasteiger partial charge in [-0.3, -0.25) is 4.79 Å². The van der Waals surface area contributed by atoms with Crippen molar-refractivity contribution in [3.63, 3.8) is 0 Å². The minimum atomic E-state index is -1.97. The zero-order valence-electron chi connectivity index (χ0n) is 11.9. The number of halogens is 2. The van der Waals surface area contributed by atoms with Crippen LogP contribution in [0.1, 0.15) is 10.5 Å². The fourth-order valence-electron chi connectivity index (χ4n) is 2.43. The van der Waals surface area contributed by atoms with Crippen molar-refractivity contribution in [2.75, 3.05) is 13.1 Å². The summed E-state index contributed by atoms with van der Waals surface area (Å²) in [5, 5.41) is 12.7. The van der Waals surface area contributed by atoms with Crippen LogP contribution in [0.2, 0.25) is 0 Å². The molecular formula is C15H13F2N3O3. The molecule has 1 saturated heterocycles. The number of hydrogen-bond acceptors (Lipinski definition) is 3. The molecule has 0 aliphatic carbocycles. The summed E-state index contributed by atoms with van der Waals surface area (Å²) >= 11 is 0. The number of carbonyl (C=O) groups is 2. The zero-order valence-corrected chi connectivity index (χ0v) is 11.9. The Labute approximate surface area is 129 Å². The second-order valence-electron chi connectivity index (χ2n) is 5.34. The first-order chi connectivity index (χ1) is 11.0. The molecule has 0 spiro atoms. The van der Waals surface area contributed by atoms with Crippen molar-refractivity contribution in [3.8, 4) is 5.69 Å². The molecule has 8 heteroatoms. The third-order valence-corrected chi connectivity index (χ3v) is 3.73. The van der Waals surface area contributed by atoms with E-state index in [9.17, 15) is 18.4 Å². The smallest absolute Gasteiger partial charge is 0.338 e. The molecule has 6 nitrogen and oxygen atoms in total. The summed E-state index contributed by atoms with van der Waals surface area (Å²) in [6.45, 7) is 0.0816. The lowest BCUT2D eigenvalue weighted by Gasteiger charge is -2.39. The second kappa shape index (κ2) is 5.79. The lowest BCUT2D eigenvalue weighted by Crippen LogP contribution is -2.55. The highest BCUT2D eigenvalue weighted by Crippen LogP contribution is 2.23. The van der Waals surface area contributed by atoms with Gasteiger partial charge in [-0.15, -0.1) is 0 Å². The number of carbonyl (C=O) groups excluding carboxylic acids is 1. The van der Waals surface area contributed by atoms with Gasteiger partial charge < -0.3 is 10.0 Å². The van der Waals surface area contributed by atoms with Crippen molar-refractivity contribution in [1.82, 2.24) is 14.7 Å². The minimum Gasteiger partial charge on any atom is -0.479 e. The summed E-state index contributed by atoms with van der Waals surface area (Å²) in [6, 6.07) is 7.23. The third kappa shape index (κ3) is 2.92. The molecule has 1 fully saturated rings. The zero-order chi connectivity index (χ0) is 16.6. The van der Waals surface area contributed by atoms with Gasteiger partial charge in [0.1, 0.15) is 5.82 Å². The fraction of sp³-hybridized carbons (Fsp3) is 0.267. The number of nitrogens with zero attached hydrogens (tertiary/aromatic N) is 3. The molecule has 2 aromatic rings. The monoisotopic (exact) mass is 321 g/mol. The van der Waals surface area contributed by atoms with E-state index in [-0.39, 0.29) is 18.8 Å². The molecule has 23 heavy (non-hydrogen) atoms. The van der Waals surface area contributed by atoms with Crippen LogP contribution in [0, 0.1) is 11.7 Å². The van der Waals surface area contributed by atoms with E-state index in [4.69, 9.17) is 5.11 Å². The fourth-order valence-corrected chi connectivity index (χ4v) is 2.43. The standard InChI is InChI=1S/C15H13F2N3O3/c16-10-2-1-3-11(6-10)20-5-4-12(18-20)14(21)19-7-9(8-19)13(17)15(22)23/h1-6,9,13H,7-8H2,(H,22,23). The lowest BCUT2D eigenvalue weighted by atomic mass is 9.94. The molecule has 1 aromatic heterocycles. The van der Waals surface area contributed by atoms with Gasteiger partial charge in [0.25, 0.3) is 5.91 Å². The van der Waals surface area contributed by atoms with Crippen LogP contribution in [0.3, 0.4) is 0 Å². The van der Waals surface area contributed by atoms with Gasteiger partial charge in [-0.2, -0.15) is 5.10 Å². The maximum atomic E-state index is 13.3. The highest BCUT2D eigenvalue weighted by Gasteiger charge is 2.40. The highest BCUT2D eigenvalue weighted by molar-refractivity contribution is 5.93. The average Bonchev–Trinajstić information content (AvgIpc) is 2.95. The summed E-state index contributed by atoms with van der Waals surface area (Å²) in [5.41, 5.74) is 0.610. The Morgan fingerprint density at radius 1 is 1.30 bits per heavy atom. The van der Waals surface area contributed by atoms with Crippen molar-refractivity contribution in [2.24, 2.45) is 5.92 Å². The summed E-state index contributed by atoms with van der Waals surface area (Å²) in [6.07, 6.45) is -0.446. The lowest BCUT2D eigenvalue weighted by molar-refractivity contribution is -0.147. The molecule has 1 N–H and O–H groups in total. The summed E-state index contributed by atoms with van der Waals surface area (Å²) in [5.74, 6) is -3.03. The van der Waals surface area contributed by atoms with Gasteiger partial charge >= 0.3 is 5.97 Å². The van der Waals surface area contributed by atoms with E-state index in [2.05, 4.69) is 5.10 Å². The number of alkyl halides is 1. The van der Waals surface area contributed by atoms with Crippen LogP contribution in [0.5, 0.6) is 0 Å². The van der Waals surface area contributed by atoms with Gasteiger partial charge in [-0.05, 0) is 24.3 Å². The van der Waals surface area contributed by atoms with Crippen LogP contribution in [0.4, 0.5) is 8.78 Å². The molecule has 2 heterocycles.